The molecule has 1 amide bonds. The highest BCUT2D eigenvalue weighted by Gasteiger charge is 2.29. The molecule has 1 unspecified atom stereocenters. The first-order valence-electron chi connectivity index (χ1n) is 11.3. The third-order valence-corrected chi connectivity index (χ3v) is 7.08. The Hall–Kier alpha value is -4.70. The second-order valence-electron chi connectivity index (χ2n) is 8.10. The van der Waals surface area contributed by atoms with Gasteiger partial charge in [0.1, 0.15) is 11.1 Å². The van der Waals surface area contributed by atoms with Gasteiger partial charge >= 0.3 is 5.97 Å². The number of anilines is 4. The summed E-state index contributed by atoms with van der Waals surface area (Å²) in [5.41, 5.74) is 2.20. The molecule has 0 spiro atoms. The van der Waals surface area contributed by atoms with Crippen LogP contribution in [0.2, 0.25) is 0 Å². The Morgan fingerprint density at radius 1 is 0.811 bits per heavy atom. The maximum atomic E-state index is 13.0. The molecule has 3 aromatic carbocycles. The number of carbonyl (C=O) groups is 2. The van der Waals surface area contributed by atoms with Crippen molar-refractivity contribution in [3.63, 3.8) is 0 Å². The van der Waals surface area contributed by atoms with E-state index in [0.717, 1.165) is 0 Å². The Bertz CT molecular complexity index is 1480. The molecule has 4 aromatic rings. The van der Waals surface area contributed by atoms with E-state index in [1.807, 2.05) is 24.3 Å². The number of rotatable bonds is 10. The van der Waals surface area contributed by atoms with Crippen molar-refractivity contribution in [2.24, 2.45) is 0 Å². The monoisotopic (exact) mass is 516 g/mol. The van der Waals surface area contributed by atoms with Crippen molar-refractivity contribution in [3.8, 4) is 0 Å². The Labute approximate surface area is 214 Å². The van der Waals surface area contributed by atoms with E-state index < -0.39 is 27.7 Å². The van der Waals surface area contributed by atoms with Crippen LogP contribution in [0.15, 0.2) is 103 Å². The van der Waals surface area contributed by atoms with Gasteiger partial charge in [-0.2, -0.15) is 0 Å². The highest BCUT2D eigenvalue weighted by molar-refractivity contribution is 7.93. The van der Waals surface area contributed by atoms with Gasteiger partial charge in [0.05, 0.1) is 6.42 Å². The molecule has 9 nitrogen and oxygen atoms in total. The van der Waals surface area contributed by atoms with Crippen LogP contribution in [0, 0.1) is 0 Å². The summed E-state index contributed by atoms with van der Waals surface area (Å²) in [5, 5.41) is 13.9. The van der Waals surface area contributed by atoms with Gasteiger partial charge in [-0.05, 0) is 60.2 Å². The SMILES string of the molecule is O=C(O)CC(c1ccccc1)S(=O)(=O)Nc1ccc(NC(=O)c2cccc(Nc3ccccn3)c2)cc1. The number of aromatic nitrogens is 1. The van der Waals surface area contributed by atoms with Crippen molar-refractivity contribution in [2.45, 2.75) is 11.7 Å². The zero-order valence-electron chi connectivity index (χ0n) is 19.5. The molecule has 0 fully saturated rings. The van der Waals surface area contributed by atoms with E-state index in [1.165, 1.54) is 12.1 Å². The van der Waals surface area contributed by atoms with Crippen molar-refractivity contribution in [1.82, 2.24) is 4.98 Å². The summed E-state index contributed by atoms with van der Waals surface area (Å²) in [6.45, 7) is 0. The predicted molar refractivity (Wildman–Crippen MR) is 142 cm³/mol. The standard InChI is InChI=1S/C27H24N4O5S/c32-26(33)18-24(19-7-2-1-3-8-19)37(35,36)31-22-14-12-21(13-15-22)30-27(34)20-9-6-10-23(17-20)29-25-11-4-5-16-28-25/h1-17,24,31H,18H2,(H,28,29)(H,30,34)(H,32,33). The molecule has 0 saturated heterocycles. The molecular formula is C27H24N4O5S. The lowest BCUT2D eigenvalue weighted by atomic mass is 10.1. The number of hydrogen-bond acceptors (Lipinski definition) is 6. The molecule has 10 heteroatoms. The fourth-order valence-corrected chi connectivity index (χ4v) is 5.10. The quantitative estimate of drug-likeness (QED) is 0.232. The molecule has 4 rings (SSSR count). The fraction of sp³-hybridized carbons (Fsp3) is 0.0741. The average Bonchev–Trinajstić information content (AvgIpc) is 2.89. The van der Waals surface area contributed by atoms with Crippen molar-refractivity contribution >= 4 is 44.8 Å². The van der Waals surface area contributed by atoms with Crippen LogP contribution < -0.4 is 15.4 Å². The summed E-state index contributed by atoms with van der Waals surface area (Å²) in [7, 11) is -4.06. The van der Waals surface area contributed by atoms with E-state index in [-0.39, 0.29) is 11.6 Å². The Morgan fingerprint density at radius 3 is 2.19 bits per heavy atom. The van der Waals surface area contributed by atoms with E-state index in [4.69, 9.17) is 0 Å². The van der Waals surface area contributed by atoms with Crippen LogP contribution in [0.25, 0.3) is 0 Å². The third kappa shape index (κ3) is 6.92. The average molecular weight is 517 g/mol. The molecule has 0 aliphatic carbocycles. The fourth-order valence-electron chi connectivity index (χ4n) is 3.62. The van der Waals surface area contributed by atoms with Crippen molar-refractivity contribution in [2.75, 3.05) is 15.4 Å². The van der Waals surface area contributed by atoms with E-state index in [0.29, 0.717) is 28.3 Å². The normalized spacial score (nSPS) is 11.8. The molecule has 4 N–H and O–H groups in total. The molecule has 1 aromatic heterocycles. The summed E-state index contributed by atoms with van der Waals surface area (Å²) in [6, 6.07) is 26.7. The molecule has 0 bridgehead atoms. The molecular weight excluding hydrogens is 492 g/mol. The van der Waals surface area contributed by atoms with E-state index in [9.17, 15) is 23.1 Å². The van der Waals surface area contributed by atoms with Crippen LogP contribution in [0.4, 0.5) is 22.9 Å². The number of aliphatic carboxylic acids is 1. The lowest BCUT2D eigenvalue weighted by Gasteiger charge is -2.18. The maximum absolute atomic E-state index is 13.0. The minimum atomic E-state index is -4.06. The molecule has 1 heterocycles. The molecule has 0 aliphatic rings. The number of carboxylic acid groups (broad SMARTS) is 1. The van der Waals surface area contributed by atoms with E-state index in [2.05, 4.69) is 20.3 Å². The number of nitrogens with zero attached hydrogens (tertiary/aromatic N) is 1. The molecule has 0 saturated carbocycles. The second-order valence-corrected chi connectivity index (χ2v) is 9.96. The van der Waals surface area contributed by atoms with Crippen molar-refractivity contribution < 1.29 is 23.1 Å². The molecule has 0 radical (unpaired) electrons. The van der Waals surface area contributed by atoms with Gasteiger partial charge in [0.15, 0.2) is 0 Å². The van der Waals surface area contributed by atoms with Crippen LogP contribution in [0.3, 0.4) is 0 Å². The minimum absolute atomic E-state index is 0.242. The van der Waals surface area contributed by atoms with Crippen LogP contribution >= 0.6 is 0 Å². The zero-order chi connectivity index (χ0) is 26.3. The summed E-state index contributed by atoms with van der Waals surface area (Å²) in [5.74, 6) is -0.920. The number of nitrogens with one attached hydrogen (secondary N) is 3. The Kier molecular flexibility index (Phi) is 7.80. The van der Waals surface area contributed by atoms with Crippen LogP contribution in [-0.4, -0.2) is 30.4 Å². The van der Waals surface area contributed by atoms with Crippen LogP contribution in [-0.2, 0) is 14.8 Å². The molecule has 0 aliphatic heterocycles. The lowest BCUT2D eigenvalue weighted by Crippen LogP contribution is -2.23. The van der Waals surface area contributed by atoms with Crippen LogP contribution in [0.5, 0.6) is 0 Å². The first kappa shape index (κ1) is 25.4. The summed E-state index contributed by atoms with van der Waals surface area (Å²) >= 11 is 0. The maximum Gasteiger partial charge on any atom is 0.305 e. The number of benzene rings is 3. The topological polar surface area (TPSA) is 137 Å². The second kappa shape index (κ2) is 11.4. The third-order valence-electron chi connectivity index (χ3n) is 5.37. The Morgan fingerprint density at radius 2 is 1.51 bits per heavy atom. The summed E-state index contributed by atoms with van der Waals surface area (Å²) < 4.78 is 28.4. The molecule has 37 heavy (non-hydrogen) atoms. The number of carboxylic acids is 1. The van der Waals surface area contributed by atoms with E-state index in [1.54, 1.807) is 66.9 Å². The Balaban J connectivity index is 1.43. The number of hydrogen-bond donors (Lipinski definition) is 4. The number of carbonyl (C=O) groups excluding carboxylic acids is 1. The van der Waals surface area contributed by atoms with Gasteiger partial charge in [0.25, 0.3) is 5.91 Å². The highest BCUT2D eigenvalue weighted by Crippen LogP contribution is 2.28. The highest BCUT2D eigenvalue weighted by atomic mass is 32.2. The van der Waals surface area contributed by atoms with Gasteiger partial charge in [-0.15, -0.1) is 0 Å². The summed E-state index contributed by atoms with van der Waals surface area (Å²) in [4.78, 5) is 28.3. The van der Waals surface area contributed by atoms with Crippen molar-refractivity contribution in [1.29, 1.82) is 0 Å². The molecule has 188 valence electrons. The summed E-state index contributed by atoms with van der Waals surface area (Å²) in [6.07, 6.45) is 1.08. The predicted octanol–water partition coefficient (Wildman–Crippen LogP) is 5.04. The number of pyridine rings is 1. The first-order valence-corrected chi connectivity index (χ1v) is 12.8. The molecule has 1 atom stereocenters. The number of amides is 1. The van der Waals surface area contributed by atoms with Gasteiger partial charge in [-0.25, -0.2) is 13.4 Å². The van der Waals surface area contributed by atoms with Crippen LogP contribution in [0.1, 0.15) is 27.6 Å². The van der Waals surface area contributed by atoms with Gasteiger partial charge < -0.3 is 15.7 Å². The van der Waals surface area contributed by atoms with Crippen molar-refractivity contribution in [3.05, 3.63) is 114 Å². The van der Waals surface area contributed by atoms with Gasteiger partial charge in [-0.1, -0.05) is 42.5 Å². The van der Waals surface area contributed by atoms with Gasteiger partial charge in [-0.3, -0.25) is 14.3 Å². The van der Waals surface area contributed by atoms with Gasteiger partial charge in [0.2, 0.25) is 10.0 Å². The first-order chi connectivity index (χ1) is 17.8. The minimum Gasteiger partial charge on any atom is -0.481 e. The largest absolute Gasteiger partial charge is 0.481 e. The lowest BCUT2D eigenvalue weighted by molar-refractivity contribution is -0.137. The van der Waals surface area contributed by atoms with E-state index >= 15 is 0 Å². The number of sulfonamides is 1. The zero-order valence-corrected chi connectivity index (χ0v) is 20.4. The van der Waals surface area contributed by atoms with Gasteiger partial charge in [0, 0.05) is 28.8 Å². The smallest absolute Gasteiger partial charge is 0.305 e.